The van der Waals surface area contributed by atoms with Crippen LogP contribution in [-0.4, -0.2) is 14.8 Å². The van der Waals surface area contributed by atoms with Gasteiger partial charge in [0.15, 0.2) is 0 Å². The van der Waals surface area contributed by atoms with Crippen molar-refractivity contribution in [3.05, 3.63) is 64.0 Å². The number of halogens is 2. The molecule has 7 heteroatoms. The summed E-state index contributed by atoms with van der Waals surface area (Å²) < 4.78 is 7.95. The predicted molar refractivity (Wildman–Crippen MR) is 107 cm³/mol. The Morgan fingerprint density at radius 3 is 2.38 bits per heavy atom. The molecule has 0 saturated heterocycles. The molecule has 0 atom stereocenters. The van der Waals surface area contributed by atoms with Crippen LogP contribution in [0.4, 0.5) is 0 Å². The van der Waals surface area contributed by atoms with Gasteiger partial charge in [-0.15, -0.1) is 0 Å². The van der Waals surface area contributed by atoms with E-state index in [4.69, 9.17) is 33.0 Å². The first-order valence-electron chi connectivity index (χ1n) is 8.19. The minimum atomic E-state index is 0.223. The van der Waals surface area contributed by atoms with Crippen LogP contribution in [0.25, 0.3) is 0 Å². The Labute approximate surface area is 167 Å². The molecular formula is C19H19Cl2N3OS. The van der Waals surface area contributed by atoms with E-state index in [2.05, 4.69) is 18.8 Å². The van der Waals surface area contributed by atoms with E-state index < -0.39 is 0 Å². The number of rotatable bonds is 6. The van der Waals surface area contributed by atoms with Gasteiger partial charge in [0.25, 0.3) is 0 Å². The Morgan fingerprint density at radius 1 is 1.12 bits per heavy atom. The van der Waals surface area contributed by atoms with E-state index in [0.717, 1.165) is 26.9 Å². The zero-order valence-electron chi connectivity index (χ0n) is 14.7. The Kier molecular flexibility index (Phi) is 6.12. The molecule has 0 aliphatic heterocycles. The molecule has 0 amide bonds. The number of pyridine rings is 1. The van der Waals surface area contributed by atoms with Crippen LogP contribution in [0.3, 0.4) is 0 Å². The smallest absolute Gasteiger partial charge is 0.122 e. The molecule has 0 aliphatic carbocycles. The molecule has 0 radical (unpaired) electrons. The van der Waals surface area contributed by atoms with Crippen LogP contribution in [0, 0.1) is 6.92 Å². The van der Waals surface area contributed by atoms with Gasteiger partial charge in [0.1, 0.15) is 17.4 Å². The van der Waals surface area contributed by atoms with Crippen LogP contribution >= 0.6 is 35.0 Å². The third-order valence-electron chi connectivity index (χ3n) is 3.73. The molecule has 2 heterocycles. The predicted octanol–water partition coefficient (Wildman–Crippen LogP) is 6.20. The van der Waals surface area contributed by atoms with E-state index in [9.17, 15) is 0 Å². The van der Waals surface area contributed by atoms with Crippen LogP contribution in [0.2, 0.25) is 10.0 Å². The molecule has 3 aromatic rings. The van der Waals surface area contributed by atoms with Gasteiger partial charge in [-0.05, 0) is 51.1 Å². The second kappa shape index (κ2) is 8.33. The average Bonchev–Trinajstić information content (AvgIpc) is 2.89. The first-order chi connectivity index (χ1) is 12.4. The summed E-state index contributed by atoms with van der Waals surface area (Å²) in [5, 5.41) is 6.96. The number of ether oxygens (including phenoxy) is 1. The van der Waals surface area contributed by atoms with Crippen molar-refractivity contribution in [2.24, 2.45) is 0 Å². The van der Waals surface area contributed by atoms with Crippen molar-refractivity contribution in [3.8, 4) is 5.75 Å². The lowest BCUT2D eigenvalue weighted by Gasteiger charge is -2.13. The maximum Gasteiger partial charge on any atom is 0.122 e. The Bertz CT molecular complexity index is 877. The van der Waals surface area contributed by atoms with E-state index in [1.807, 2.05) is 35.9 Å². The largest absolute Gasteiger partial charge is 0.489 e. The number of aryl methyl sites for hydroxylation is 1. The molecule has 0 N–H and O–H groups in total. The van der Waals surface area contributed by atoms with E-state index in [1.54, 1.807) is 30.2 Å². The standard InChI is InChI=1S/C19H19Cl2N3OS/c1-12(2)24-19(26-17-9-14(20)8-15(21)10-17)18(13(3)23-24)11-25-16-4-6-22-7-5-16/h4-10,12H,11H2,1-3H3. The van der Waals surface area contributed by atoms with Gasteiger partial charge in [-0.2, -0.15) is 5.10 Å². The molecule has 1 aromatic carbocycles. The molecule has 3 rings (SSSR count). The van der Waals surface area contributed by atoms with Crippen molar-refractivity contribution in [2.45, 2.75) is 43.3 Å². The first kappa shape index (κ1) is 19.1. The van der Waals surface area contributed by atoms with Gasteiger partial charge < -0.3 is 4.74 Å². The highest BCUT2D eigenvalue weighted by Crippen LogP contribution is 2.36. The molecule has 0 unspecified atom stereocenters. The number of hydrogen-bond acceptors (Lipinski definition) is 4. The van der Waals surface area contributed by atoms with Crippen LogP contribution in [-0.2, 0) is 6.61 Å². The summed E-state index contributed by atoms with van der Waals surface area (Å²) in [5.41, 5.74) is 2.00. The van der Waals surface area contributed by atoms with Crippen molar-refractivity contribution in [3.63, 3.8) is 0 Å². The Balaban J connectivity index is 1.93. The van der Waals surface area contributed by atoms with Crippen LogP contribution in [0.1, 0.15) is 31.1 Å². The summed E-state index contributed by atoms with van der Waals surface area (Å²) in [4.78, 5) is 4.98. The number of hydrogen-bond donors (Lipinski definition) is 0. The highest BCUT2D eigenvalue weighted by atomic mass is 35.5. The number of aromatic nitrogens is 3. The molecular weight excluding hydrogens is 389 g/mol. The fraction of sp³-hybridized carbons (Fsp3) is 0.263. The summed E-state index contributed by atoms with van der Waals surface area (Å²) in [6, 6.07) is 9.43. The second-order valence-electron chi connectivity index (χ2n) is 6.09. The maximum atomic E-state index is 6.15. The molecule has 2 aromatic heterocycles. The van der Waals surface area contributed by atoms with Gasteiger partial charge in [0, 0.05) is 38.9 Å². The summed E-state index contributed by atoms with van der Waals surface area (Å²) in [6.07, 6.45) is 3.42. The van der Waals surface area contributed by atoms with E-state index in [1.165, 1.54) is 0 Å². The Hall–Kier alpha value is -1.69. The lowest BCUT2D eigenvalue weighted by molar-refractivity contribution is 0.301. The number of nitrogens with zero attached hydrogens (tertiary/aromatic N) is 3. The van der Waals surface area contributed by atoms with E-state index >= 15 is 0 Å². The van der Waals surface area contributed by atoms with Gasteiger partial charge in [0.05, 0.1) is 5.69 Å². The van der Waals surface area contributed by atoms with Crippen LogP contribution < -0.4 is 4.74 Å². The normalized spacial score (nSPS) is 11.2. The van der Waals surface area contributed by atoms with Crippen molar-refractivity contribution in [1.29, 1.82) is 0 Å². The molecule has 0 aliphatic rings. The molecule has 0 fully saturated rings. The maximum absolute atomic E-state index is 6.15. The lowest BCUT2D eigenvalue weighted by atomic mass is 10.3. The van der Waals surface area contributed by atoms with Crippen LogP contribution in [0.5, 0.6) is 5.75 Å². The molecule has 0 bridgehead atoms. The van der Waals surface area contributed by atoms with Crippen LogP contribution in [0.15, 0.2) is 52.6 Å². The highest BCUT2D eigenvalue weighted by molar-refractivity contribution is 7.99. The molecule has 26 heavy (non-hydrogen) atoms. The summed E-state index contributed by atoms with van der Waals surface area (Å²) >= 11 is 13.9. The highest BCUT2D eigenvalue weighted by Gasteiger charge is 2.19. The van der Waals surface area contributed by atoms with Crippen molar-refractivity contribution in [1.82, 2.24) is 14.8 Å². The fourth-order valence-electron chi connectivity index (χ4n) is 2.47. The van der Waals surface area contributed by atoms with Crippen molar-refractivity contribution in [2.75, 3.05) is 0 Å². The monoisotopic (exact) mass is 407 g/mol. The molecule has 136 valence electrons. The minimum absolute atomic E-state index is 0.223. The van der Waals surface area contributed by atoms with E-state index in [-0.39, 0.29) is 6.04 Å². The van der Waals surface area contributed by atoms with Gasteiger partial charge in [0.2, 0.25) is 0 Å². The SMILES string of the molecule is Cc1nn(C(C)C)c(Sc2cc(Cl)cc(Cl)c2)c1COc1ccncc1. The van der Waals surface area contributed by atoms with E-state index in [0.29, 0.717) is 16.7 Å². The zero-order valence-corrected chi connectivity index (χ0v) is 17.1. The topological polar surface area (TPSA) is 39.9 Å². The summed E-state index contributed by atoms with van der Waals surface area (Å²) in [7, 11) is 0. The van der Waals surface area contributed by atoms with Gasteiger partial charge in [-0.3, -0.25) is 9.67 Å². The third-order valence-corrected chi connectivity index (χ3v) is 5.27. The Morgan fingerprint density at radius 2 is 1.77 bits per heavy atom. The minimum Gasteiger partial charge on any atom is -0.489 e. The van der Waals surface area contributed by atoms with Gasteiger partial charge in [-0.1, -0.05) is 35.0 Å². The second-order valence-corrected chi connectivity index (χ2v) is 8.02. The molecule has 4 nitrogen and oxygen atoms in total. The number of benzene rings is 1. The summed E-state index contributed by atoms with van der Waals surface area (Å²) in [6.45, 7) is 6.64. The quantitative estimate of drug-likeness (QED) is 0.487. The first-order valence-corrected chi connectivity index (χ1v) is 9.76. The van der Waals surface area contributed by atoms with Gasteiger partial charge in [-0.25, -0.2) is 0 Å². The fourth-order valence-corrected chi connectivity index (χ4v) is 4.40. The van der Waals surface area contributed by atoms with Crippen molar-refractivity contribution >= 4 is 35.0 Å². The molecule has 0 saturated carbocycles. The molecule has 0 spiro atoms. The third kappa shape index (κ3) is 4.53. The lowest BCUT2D eigenvalue weighted by Crippen LogP contribution is -2.05. The van der Waals surface area contributed by atoms with Crippen molar-refractivity contribution < 1.29 is 4.74 Å². The summed E-state index contributed by atoms with van der Waals surface area (Å²) in [5.74, 6) is 0.776. The van der Waals surface area contributed by atoms with Gasteiger partial charge >= 0.3 is 0 Å². The zero-order chi connectivity index (χ0) is 18.7. The average molecular weight is 408 g/mol.